The van der Waals surface area contributed by atoms with Gasteiger partial charge in [0.25, 0.3) is 0 Å². The van der Waals surface area contributed by atoms with E-state index in [-0.39, 0.29) is 124 Å². The van der Waals surface area contributed by atoms with Crippen molar-refractivity contribution in [2.75, 3.05) is 0 Å². The van der Waals surface area contributed by atoms with Crippen LogP contribution >= 0.6 is 0 Å². The van der Waals surface area contributed by atoms with E-state index in [1.165, 1.54) is 0 Å². The van der Waals surface area contributed by atoms with Gasteiger partial charge in [0.05, 0.1) is 0 Å². The van der Waals surface area contributed by atoms with Crippen LogP contribution in [-0.4, -0.2) is 27.1 Å². The van der Waals surface area contributed by atoms with Crippen molar-refractivity contribution in [2.24, 2.45) is 0 Å². The molecule has 0 unspecified atom stereocenters. The first-order valence-electron chi connectivity index (χ1n) is 1.08. The average molecular weight is 228 g/mol. The minimum absolute atomic E-state index is 0. The van der Waals surface area contributed by atoms with E-state index in [1.807, 2.05) is 0 Å². The zero-order valence-corrected chi connectivity index (χ0v) is 16.7. The Morgan fingerprint density at radius 2 is 1.00 bits per heavy atom. The molecule has 48 valence electrons. The quantitative estimate of drug-likeness (QED) is 0.378. The van der Waals surface area contributed by atoms with E-state index in [0.717, 1.165) is 0 Å². The Kier molecular flexibility index (Phi) is 179. The fourth-order valence-electron chi connectivity index (χ4n) is 0. The molecule has 0 aliphatic rings. The molecular weight excluding hydrogens is 227 g/mol. The molecule has 0 saturated carbocycles. The van der Waals surface area contributed by atoms with Crippen LogP contribution in [-0.2, 0) is 3.80 Å². The van der Waals surface area contributed by atoms with Crippen molar-refractivity contribution in [3.8, 4) is 0 Å². The van der Waals surface area contributed by atoms with Crippen LogP contribution in [0, 0.1) is 0 Å². The van der Waals surface area contributed by atoms with E-state index >= 15 is 0 Å². The summed E-state index contributed by atoms with van der Waals surface area (Å²) in [6.07, 6.45) is -2.33. The van der Waals surface area contributed by atoms with Crippen LogP contribution in [0.15, 0.2) is 0 Å². The van der Waals surface area contributed by atoms with E-state index in [1.54, 1.807) is 0 Å². The van der Waals surface area contributed by atoms with Gasteiger partial charge in [-0.1, -0.05) is 0 Å². The topological polar surface area (TPSA) is 133 Å². The normalized spacial score (nSPS) is 2.67. The summed E-state index contributed by atoms with van der Waals surface area (Å²) in [5.74, 6) is 0. The van der Waals surface area contributed by atoms with Gasteiger partial charge in [-0.2, -0.15) is 0 Å². The van der Waals surface area contributed by atoms with Gasteiger partial charge in [-0.15, -0.1) is 0 Å². The van der Waals surface area contributed by atoms with Crippen molar-refractivity contribution in [2.45, 2.75) is 0 Å². The van der Waals surface area contributed by atoms with Crippen LogP contribution in [0.4, 0.5) is 4.79 Å². The summed E-state index contributed by atoms with van der Waals surface area (Å²) < 4.78 is 16.9. The Morgan fingerprint density at radius 3 is 1.00 bits per heavy atom. The molecule has 0 rings (SSSR count). The van der Waals surface area contributed by atoms with Gasteiger partial charge in [-0.25, -0.2) is 0 Å². The molecule has 12 heavy (non-hydrogen) atoms. The number of carboxylic acid groups (broad SMARTS) is 2. The van der Waals surface area contributed by atoms with E-state index in [4.69, 9.17) is 23.0 Å². The van der Waals surface area contributed by atoms with Crippen LogP contribution in [0.5, 0.6) is 0 Å². The second-order valence-corrected chi connectivity index (χ2v) is 0.539. The Bertz CT molecular complexity index is 66.6. The van der Waals surface area contributed by atoms with E-state index in [2.05, 4.69) is 0 Å². The Balaban J connectivity index is -0.00000000597. The number of hydrogen-bond donors (Lipinski definition) is 0. The standard InChI is InChI=1S/CH2O3.Al.4Na.H2O.2O/c2-1(3)4;;;;;;;;/h(H2,2,3,4);;;;;;1H2;;/q;;4*+1;;;-1/p-3. The van der Waals surface area contributed by atoms with E-state index < -0.39 is 21.6 Å². The van der Waals surface area contributed by atoms with Crippen LogP contribution in [0.3, 0.4) is 0 Å². The molecule has 11 heteroatoms. The molecule has 0 aliphatic carbocycles. The van der Waals surface area contributed by atoms with Gasteiger partial charge >= 0.3 is 142 Å². The van der Waals surface area contributed by atoms with Gasteiger partial charge in [0.1, 0.15) is 0 Å². The third kappa shape index (κ3) is 181. The van der Waals surface area contributed by atoms with Crippen molar-refractivity contribution < 1.29 is 147 Å². The molecule has 0 aromatic carbocycles. The first-order valence-corrected chi connectivity index (χ1v) is 2.03. The molecule has 0 saturated heterocycles. The molecule has 0 radical (unpaired) electrons. The number of rotatable bonds is 0. The second kappa shape index (κ2) is 47.3. The monoisotopic (exact) mass is 228 g/mol. The van der Waals surface area contributed by atoms with Crippen molar-refractivity contribution in [1.29, 1.82) is 0 Å². The second-order valence-electron chi connectivity index (χ2n) is 0.346. The zero-order valence-electron chi connectivity index (χ0n) is 7.57. The third-order valence-corrected chi connectivity index (χ3v) is 0. The van der Waals surface area contributed by atoms with Gasteiger partial charge in [0.15, 0.2) is 0 Å². The van der Waals surface area contributed by atoms with Crippen LogP contribution in [0.25, 0.3) is 0 Å². The van der Waals surface area contributed by atoms with Crippen LogP contribution < -0.4 is 133 Å². The molecule has 0 bridgehead atoms. The van der Waals surface area contributed by atoms with Crippen molar-refractivity contribution in [3.63, 3.8) is 0 Å². The minimum atomic E-state index is -2.33. The molecule has 0 spiro atoms. The van der Waals surface area contributed by atoms with Crippen LogP contribution in [0.2, 0.25) is 0 Å². The summed E-state index contributed by atoms with van der Waals surface area (Å²) in [6.45, 7) is 0. The number of carbonyl (C=O) groups excluding carboxylic acids is 1. The molecule has 0 amide bonds. The van der Waals surface area contributed by atoms with Gasteiger partial charge < -0.3 is 20.5 Å². The molecule has 0 aliphatic heterocycles. The SMILES string of the molecule is O=C([O-])[O-].[Na+].[Na+].[Na+].[Na+].[OH-].[O]=[Al][O-]. The van der Waals surface area contributed by atoms with Gasteiger partial charge in [0, 0.05) is 0 Å². The van der Waals surface area contributed by atoms with Crippen molar-refractivity contribution in [3.05, 3.63) is 0 Å². The zero-order chi connectivity index (χ0) is 6.28. The summed E-state index contributed by atoms with van der Waals surface area (Å²) in [4.78, 5) is 8.33. The molecular formula is CHAlNa4O6. The number of hydrogen-bond acceptors (Lipinski definition) is 6. The molecule has 6 nitrogen and oxygen atoms in total. The summed E-state index contributed by atoms with van der Waals surface area (Å²) in [5.41, 5.74) is 0. The molecule has 0 aromatic heterocycles. The fraction of sp³-hybridized carbons (Fsp3) is 0. The first-order chi connectivity index (χ1) is 3.15. The van der Waals surface area contributed by atoms with Gasteiger partial charge in [0.2, 0.25) is 0 Å². The van der Waals surface area contributed by atoms with Crippen molar-refractivity contribution >= 4 is 21.6 Å². The third-order valence-electron chi connectivity index (χ3n) is 0. The summed E-state index contributed by atoms with van der Waals surface area (Å²) in [6, 6.07) is 0. The van der Waals surface area contributed by atoms with E-state index in [9.17, 15) is 0 Å². The Morgan fingerprint density at radius 1 is 1.00 bits per heavy atom. The molecule has 0 fully saturated rings. The Hall–Kier alpha value is 3.36. The maximum atomic E-state index is 8.46. The van der Waals surface area contributed by atoms with Gasteiger partial charge in [-0.05, 0) is 6.16 Å². The first kappa shape index (κ1) is 45.3. The predicted octanol–water partition coefficient (Wildman–Crippen LogP) is -16.3. The molecule has 1 N–H and O–H groups in total. The molecule has 0 atom stereocenters. The van der Waals surface area contributed by atoms with E-state index in [0.29, 0.717) is 0 Å². The summed E-state index contributed by atoms with van der Waals surface area (Å²) in [5, 5.41) is 16.7. The van der Waals surface area contributed by atoms with Crippen LogP contribution in [0.1, 0.15) is 0 Å². The van der Waals surface area contributed by atoms with Gasteiger partial charge in [-0.3, -0.25) is 0 Å². The number of carbonyl (C=O) groups is 1. The summed E-state index contributed by atoms with van der Waals surface area (Å²) >= 11 is -1.75. The molecule has 0 heterocycles. The molecule has 0 aromatic rings. The van der Waals surface area contributed by atoms with Crippen molar-refractivity contribution in [1.82, 2.24) is 0 Å². The Labute approximate surface area is 165 Å². The average Bonchev–Trinajstić information content (AvgIpc) is 1.33. The maximum absolute atomic E-state index is 8.46. The fourth-order valence-corrected chi connectivity index (χ4v) is 0. The summed E-state index contributed by atoms with van der Waals surface area (Å²) in [7, 11) is 0. The predicted molar refractivity (Wildman–Crippen MR) is 13.8 cm³/mol.